The van der Waals surface area contributed by atoms with Crippen molar-refractivity contribution in [2.24, 2.45) is 7.05 Å². The molecule has 1 aromatic carbocycles. The Morgan fingerprint density at radius 3 is 2.74 bits per heavy atom. The summed E-state index contributed by atoms with van der Waals surface area (Å²) in [6.45, 7) is 0. The summed E-state index contributed by atoms with van der Waals surface area (Å²) in [5.74, 6) is 0.271. The van der Waals surface area contributed by atoms with Crippen LogP contribution in [-0.2, 0) is 19.9 Å². The highest BCUT2D eigenvalue weighted by Crippen LogP contribution is 2.41. The van der Waals surface area contributed by atoms with Crippen LogP contribution in [0.3, 0.4) is 0 Å². The first kappa shape index (κ1) is 14.0. The molecule has 0 atom stereocenters. The van der Waals surface area contributed by atoms with Gasteiger partial charge in [0.25, 0.3) is 0 Å². The third-order valence-corrected chi connectivity index (χ3v) is 4.43. The zero-order valence-corrected chi connectivity index (χ0v) is 13.3. The number of aromatic nitrogens is 4. The largest absolute Gasteiger partial charge is 0.398 e. The predicted octanol–water partition coefficient (Wildman–Crippen LogP) is 2.46. The highest BCUT2D eigenvalue weighted by atomic mass is 35.5. The summed E-state index contributed by atoms with van der Waals surface area (Å²) in [7, 11) is 1.87. The quantitative estimate of drug-likeness (QED) is 0.670. The average molecular weight is 327 g/mol. The van der Waals surface area contributed by atoms with Gasteiger partial charge in [-0.05, 0) is 36.1 Å². The van der Waals surface area contributed by atoms with Crippen LogP contribution >= 0.6 is 11.6 Å². The number of benzene rings is 1. The van der Waals surface area contributed by atoms with Gasteiger partial charge in [-0.25, -0.2) is 9.97 Å². The molecule has 1 aliphatic rings. The molecule has 0 amide bonds. The van der Waals surface area contributed by atoms with Gasteiger partial charge < -0.3 is 11.5 Å². The Morgan fingerprint density at radius 2 is 2.00 bits per heavy atom. The lowest BCUT2D eigenvalue weighted by Crippen LogP contribution is -2.11. The number of fused-ring (bicyclic) bond motifs is 3. The van der Waals surface area contributed by atoms with E-state index in [-0.39, 0.29) is 5.95 Å². The number of rotatable bonds is 1. The van der Waals surface area contributed by atoms with Crippen LogP contribution in [0.4, 0.5) is 11.6 Å². The molecule has 2 heterocycles. The molecule has 0 saturated heterocycles. The fourth-order valence-corrected chi connectivity index (χ4v) is 3.25. The molecule has 3 aromatic rings. The molecule has 0 aliphatic heterocycles. The Labute approximate surface area is 138 Å². The number of nitrogen functional groups attached to an aromatic ring is 2. The Balaban J connectivity index is 2.04. The van der Waals surface area contributed by atoms with Crippen LogP contribution in [0.1, 0.15) is 11.3 Å². The molecule has 4 rings (SSSR count). The highest BCUT2D eigenvalue weighted by Gasteiger charge is 2.24. The third kappa shape index (κ3) is 2.22. The van der Waals surface area contributed by atoms with Crippen molar-refractivity contribution in [1.29, 1.82) is 0 Å². The van der Waals surface area contributed by atoms with Gasteiger partial charge in [-0.2, -0.15) is 5.10 Å². The van der Waals surface area contributed by atoms with Gasteiger partial charge in [0, 0.05) is 24.4 Å². The summed E-state index contributed by atoms with van der Waals surface area (Å²) in [5, 5.41) is 4.80. The van der Waals surface area contributed by atoms with Crippen molar-refractivity contribution in [3.8, 4) is 22.4 Å². The first-order valence-corrected chi connectivity index (χ1v) is 7.64. The fourth-order valence-electron chi connectivity index (χ4n) is 3.07. The lowest BCUT2D eigenvalue weighted by molar-refractivity contribution is 0.768. The van der Waals surface area contributed by atoms with Crippen molar-refractivity contribution in [2.75, 3.05) is 11.5 Å². The van der Waals surface area contributed by atoms with E-state index in [4.69, 9.17) is 23.1 Å². The number of hydrogen-bond donors (Lipinski definition) is 2. The van der Waals surface area contributed by atoms with Gasteiger partial charge in [0.05, 0.1) is 28.3 Å². The Kier molecular flexibility index (Phi) is 3.02. The molecule has 0 spiro atoms. The molecular formula is C16H15ClN6. The van der Waals surface area contributed by atoms with E-state index in [0.29, 0.717) is 10.7 Å². The second-order valence-corrected chi connectivity index (χ2v) is 6.09. The molecule has 4 N–H and O–H groups in total. The van der Waals surface area contributed by atoms with Crippen molar-refractivity contribution in [2.45, 2.75) is 12.8 Å². The summed E-state index contributed by atoms with van der Waals surface area (Å²) >= 11 is 6.17. The monoisotopic (exact) mass is 326 g/mol. The molecule has 6 nitrogen and oxygen atoms in total. The number of anilines is 2. The van der Waals surface area contributed by atoms with Crippen LogP contribution < -0.4 is 11.5 Å². The van der Waals surface area contributed by atoms with Crippen LogP contribution in [0.5, 0.6) is 0 Å². The van der Waals surface area contributed by atoms with Gasteiger partial charge in [0.1, 0.15) is 0 Å². The minimum atomic E-state index is 0.271. The zero-order chi connectivity index (χ0) is 16.1. The van der Waals surface area contributed by atoms with E-state index >= 15 is 0 Å². The minimum Gasteiger partial charge on any atom is -0.398 e. The van der Waals surface area contributed by atoms with Crippen LogP contribution in [0.2, 0.25) is 5.02 Å². The van der Waals surface area contributed by atoms with Crippen molar-refractivity contribution in [3.05, 3.63) is 40.8 Å². The number of nitrogens with two attached hydrogens (primary N) is 2. The average Bonchev–Trinajstić information content (AvgIpc) is 2.94. The van der Waals surface area contributed by atoms with Crippen LogP contribution in [0.25, 0.3) is 22.4 Å². The zero-order valence-electron chi connectivity index (χ0n) is 12.5. The van der Waals surface area contributed by atoms with Crippen molar-refractivity contribution >= 4 is 23.2 Å². The van der Waals surface area contributed by atoms with E-state index < -0.39 is 0 Å². The maximum Gasteiger partial charge on any atom is 0.220 e. The van der Waals surface area contributed by atoms with E-state index in [2.05, 4.69) is 15.1 Å². The van der Waals surface area contributed by atoms with E-state index in [0.717, 1.165) is 46.5 Å². The van der Waals surface area contributed by atoms with Gasteiger partial charge in [-0.15, -0.1) is 0 Å². The number of halogens is 1. The number of hydrogen-bond acceptors (Lipinski definition) is 5. The molecule has 116 valence electrons. The van der Waals surface area contributed by atoms with E-state index in [9.17, 15) is 0 Å². The molecule has 0 bridgehead atoms. The van der Waals surface area contributed by atoms with Crippen LogP contribution in [-0.4, -0.2) is 19.7 Å². The first-order valence-electron chi connectivity index (χ1n) is 7.26. The second-order valence-electron chi connectivity index (χ2n) is 5.69. The molecule has 2 aromatic heterocycles. The number of nitrogens with zero attached hydrogens (tertiary/aromatic N) is 4. The molecule has 0 unspecified atom stereocenters. The molecule has 0 fully saturated rings. The van der Waals surface area contributed by atoms with Gasteiger partial charge in [-0.1, -0.05) is 11.6 Å². The SMILES string of the molecule is Cn1cc(-c2nc(N)nc3c2-c2cc(N)c(Cl)cc2CC3)cn1. The predicted molar refractivity (Wildman–Crippen MR) is 90.9 cm³/mol. The molecule has 1 aliphatic carbocycles. The standard InChI is InChI=1S/C16H15ClN6/c1-23-7-9(6-20-23)15-14-10-5-12(18)11(17)4-8(10)2-3-13(14)21-16(19)22-15/h4-7H,2-3,18H2,1H3,(H2,19,21,22). The summed E-state index contributed by atoms with van der Waals surface area (Å²) in [5.41, 5.74) is 18.2. The maximum atomic E-state index is 6.17. The molecule has 0 saturated carbocycles. The summed E-state index contributed by atoms with van der Waals surface area (Å²) in [4.78, 5) is 8.88. The Bertz CT molecular complexity index is 931. The van der Waals surface area contributed by atoms with Crippen LogP contribution in [0.15, 0.2) is 24.5 Å². The van der Waals surface area contributed by atoms with E-state index in [1.807, 2.05) is 25.4 Å². The fraction of sp³-hybridized carbons (Fsp3) is 0.188. The van der Waals surface area contributed by atoms with Gasteiger partial charge in [-0.3, -0.25) is 4.68 Å². The third-order valence-electron chi connectivity index (χ3n) is 4.10. The van der Waals surface area contributed by atoms with Gasteiger partial charge in [0.15, 0.2) is 0 Å². The highest BCUT2D eigenvalue weighted by molar-refractivity contribution is 6.33. The lowest BCUT2D eigenvalue weighted by atomic mass is 9.86. The Morgan fingerprint density at radius 1 is 1.17 bits per heavy atom. The Hall–Kier alpha value is -2.60. The topological polar surface area (TPSA) is 95.6 Å². The molecule has 0 radical (unpaired) electrons. The summed E-state index contributed by atoms with van der Waals surface area (Å²) in [6, 6.07) is 3.83. The van der Waals surface area contributed by atoms with Crippen molar-refractivity contribution in [1.82, 2.24) is 19.7 Å². The van der Waals surface area contributed by atoms with Crippen molar-refractivity contribution < 1.29 is 0 Å². The summed E-state index contributed by atoms with van der Waals surface area (Å²) in [6.07, 6.45) is 5.33. The van der Waals surface area contributed by atoms with E-state index in [1.54, 1.807) is 10.9 Å². The molecular weight excluding hydrogens is 312 g/mol. The second kappa shape index (κ2) is 4.96. The molecule has 23 heavy (non-hydrogen) atoms. The van der Waals surface area contributed by atoms with Crippen LogP contribution in [0, 0.1) is 0 Å². The van der Waals surface area contributed by atoms with Crippen molar-refractivity contribution in [3.63, 3.8) is 0 Å². The van der Waals surface area contributed by atoms with E-state index in [1.165, 1.54) is 0 Å². The summed E-state index contributed by atoms with van der Waals surface area (Å²) < 4.78 is 1.74. The minimum absolute atomic E-state index is 0.271. The van der Waals surface area contributed by atoms with Gasteiger partial charge in [0.2, 0.25) is 5.95 Å². The smallest absolute Gasteiger partial charge is 0.220 e. The van der Waals surface area contributed by atoms with Gasteiger partial charge >= 0.3 is 0 Å². The maximum absolute atomic E-state index is 6.17. The lowest BCUT2D eigenvalue weighted by Gasteiger charge is -2.22. The first-order chi connectivity index (χ1) is 11.0. The normalized spacial score (nSPS) is 12.8. The molecule has 7 heteroatoms. The number of aryl methyl sites for hydroxylation is 3.